The standard InChI is InChI=1S/C10H13N3O2S/c11-7-5-8(10(14)15)9(12-6-7)13-1-3-16-4-2-13/h5-6H,1-4,11H2,(H,14,15). The lowest BCUT2D eigenvalue weighted by Crippen LogP contribution is -2.34. The summed E-state index contributed by atoms with van der Waals surface area (Å²) in [6, 6.07) is 1.46. The molecule has 3 N–H and O–H groups in total. The number of carbonyl (C=O) groups is 1. The highest BCUT2D eigenvalue weighted by Crippen LogP contribution is 2.22. The number of anilines is 2. The summed E-state index contributed by atoms with van der Waals surface area (Å²) in [5.74, 6) is 1.56. The molecule has 1 fully saturated rings. The van der Waals surface area contributed by atoms with Crippen molar-refractivity contribution in [2.45, 2.75) is 0 Å². The molecule has 0 saturated carbocycles. The zero-order valence-electron chi connectivity index (χ0n) is 8.72. The summed E-state index contributed by atoms with van der Waals surface area (Å²) < 4.78 is 0. The zero-order valence-corrected chi connectivity index (χ0v) is 9.54. The molecule has 0 atom stereocenters. The normalized spacial score (nSPS) is 16.1. The van der Waals surface area contributed by atoms with Gasteiger partial charge in [-0.2, -0.15) is 11.8 Å². The van der Waals surface area contributed by atoms with Gasteiger partial charge in [0.25, 0.3) is 0 Å². The number of hydrogen-bond acceptors (Lipinski definition) is 5. The smallest absolute Gasteiger partial charge is 0.339 e. The lowest BCUT2D eigenvalue weighted by Gasteiger charge is -2.28. The van der Waals surface area contributed by atoms with Gasteiger partial charge in [-0.25, -0.2) is 9.78 Å². The van der Waals surface area contributed by atoms with Crippen molar-refractivity contribution in [3.05, 3.63) is 17.8 Å². The van der Waals surface area contributed by atoms with E-state index in [1.165, 1.54) is 12.3 Å². The predicted octanol–water partition coefficient (Wildman–Crippen LogP) is 0.915. The summed E-state index contributed by atoms with van der Waals surface area (Å²) in [6.07, 6.45) is 1.50. The van der Waals surface area contributed by atoms with Crippen LogP contribution in [-0.4, -0.2) is 40.7 Å². The number of nitrogens with zero attached hydrogens (tertiary/aromatic N) is 2. The van der Waals surface area contributed by atoms with Gasteiger partial charge in [-0.05, 0) is 6.07 Å². The summed E-state index contributed by atoms with van der Waals surface area (Å²) in [6.45, 7) is 1.67. The molecule has 1 aromatic rings. The molecule has 2 rings (SSSR count). The van der Waals surface area contributed by atoms with Crippen LogP contribution in [0.15, 0.2) is 12.3 Å². The molecule has 0 aliphatic carbocycles. The lowest BCUT2D eigenvalue weighted by molar-refractivity contribution is 0.0697. The van der Waals surface area contributed by atoms with Crippen molar-refractivity contribution in [1.29, 1.82) is 0 Å². The van der Waals surface area contributed by atoms with Crippen LogP contribution in [0.4, 0.5) is 11.5 Å². The monoisotopic (exact) mass is 239 g/mol. The van der Waals surface area contributed by atoms with Crippen LogP contribution in [0.5, 0.6) is 0 Å². The van der Waals surface area contributed by atoms with Crippen molar-refractivity contribution < 1.29 is 9.90 Å². The fourth-order valence-electron chi connectivity index (χ4n) is 1.66. The molecule has 0 bridgehead atoms. The fraction of sp³-hybridized carbons (Fsp3) is 0.400. The first-order valence-electron chi connectivity index (χ1n) is 5.00. The second-order valence-electron chi connectivity index (χ2n) is 3.54. The second kappa shape index (κ2) is 4.61. The molecule has 0 amide bonds. The van der Waals surface area contributed by atoms with E-state index in [-0.39, 0.29) is 5.56 Å². The van der Waals surface area contributed by atoms with Crippen molar-refractivity contribution in [3.63, 3.8) is 0 Å². The van der Waals surface area contributed by atoms with E-state index in [1.807, 2.05) is 16.7 Å². The third-order valence-corrected chi connectivity index (χ3v) is 3.37. The van der Waals surface area contributed by atoms with E-state index in [2.05, 4.69) is 4.98 Å². The summed E-state index contributed by atoms with van der Waals surface area (Å²) in [5, 5.41) is 9.09. The van der Waals surface area contributed by atoms with E-state index >= 15 is 0 Å². The minimum Gasteiger partial charge on any atom is -0.478 e. The van der Waals surface area contributed by atoms with Crippen LogP contribution in [0.1, 0.15) is 10.4 Å². The molecular formula is C10H13N3O2S. The molecule has 2 heterocycles. The van der Waals surface area contributed by atoms with Gasteiger partial charge in [0, 0.05) is 24.6 Å². The van der Waals surface area contributed by atoms with Crippen molar-refractivity contribution in [1.82, 2.24) is 4.98 Å². The SMILES string of the molecule is Nc1cnc(N2CCSCC2)c(C(=O)O)c1. The largest absolute Gasteiger partial charge is 0.478 e. The van der Waals surface area contributed by atoms with Crippen LogP contribution in [0.2, 0.25) is 0 Å². The molecule has 0 radical (unpaired) electrons. The Bertz CT molecular complexity index is 405. The highest BCUT2D eigenvalue weighted by atomic mass is 32.2. The number of thioether (sulfide) groups is 1. The van der Waals surface area contributed by atoms with E-state index in [0.717, 1.165) is 24.6 Å². The third kappa shape index (κ3) is 2.21. The van der Waals surface area contributed by atoms with E-state index in [9.17, 15) is 4.79 Å². The Hall–Kier alpha value is -1.43. The Kier molecular flexibility index (Phi) is 3.19. The molecule has 0 aromatic carbocycles. The van der Waals surface area contributed by atoms with Gasteiger partial charge in [-0.15, -0.1) is 0 Å². The molecule has 5 nitrogen and oxygen atoms in total. The van der Waals surface area contributed by atoms with Gasteiger partial charge in [-0.1, -0.05) is 0 Å². The molecule has 1 aliphatic rings. The summed E-state index contributed by atoms with van der Waals surface area (Å²) in [4.78, 5) is 17.2. The van der Waals surface area contributed by atoms with Crippen LogP contribution in [-0.2, 0) is 0 Å². The molecule has 1 aliphatic heterocycles. The van der Waals surface area contributed by atoms with Crippen LogP contribution in [0.3, 0.4) is 0 Å². The molecule has 1 aromatic heterocycles. The maximum absolute atomic E-state index is 11.1. The maximum Gasteiger partial charge on any atom is 0.339 e. The van der Waals surface area contributed by atoms with Gasteiger partial charge in [0.15, 0.2) is 0 Å². The quantitative estimate of drug-likeness (QED) is 0.798. The number of aromatic carboxylic acids is 1. The van der Waals surface area contributed by atoms with Gasteiger partial charge >= 0.3 is 5.97 Å². The Morgan fingerprint density at radius 3 is 2.81 bits per heavy atom. The minimum absolute atomic E-state index is 0.187. The fourth-order valence-corrected chi connectivity index (χ4v) is 2.56. The molecule has 86 valence electrons. The molecular weight excluding hydrogens is 226 g/mol. The Morgan fingerprint density at radius 1 is 1.50 bits per heavy atom. The van der Waals surface area contributed by atoms with Gasteiger partial charge in [0.2, 0.25) is 0 Å². The van der Waals surface area contributed by atoms with Crippen molar-refractivity contribution in [2.75, 3.05) is 35.2 Å². The van der Waals surface area contributed by atoms with Crippen molar-refractivity contribution >= 4 is 29.2 Å². The van der Waals surface area contributed by atoms with Crippen LogP contribution in [0, 0.1) is 0 Å². The number of pyridine rings is 1. The van der Waals surface area contributed by atoms with Gasteiger partial charge in [0.1, 0.15) is 11.4 Å². The first kappa shape index (κ1) is 11.1. The molecule has 16 heavy (non-hydrogen) atoms. The number of rotatable bonds is 2. The summed E-state index contributed by atoms with van der Waals surface area (Å²) in [7, 11) is 0. The summed E-state index contributed by atoms with van der Waals surface area (Å²) in [5.41, 5.74) is 6.12. The molecule has 0 unspecified atom stereocenters. The number of aromatic nitrogens is 1. The third-order valence-electron chi connectivity index (χ3n) is 2.43. The highest BCUT2D eigenvalue weighted by Gasteiger charge is 2.19. The van der Waals surface area contributed by atoms with Crippen LogP contribution >= 0.6 is 11.8 Å². The Labute approximate surface area is 97.6 Å². The van der Waals surface area contributed by atoms with E-state index in [0.29, 0.717) is 11.5 Å². The van der Waals surface area contributed by atoms with Gasteiger partial charge < -0.3 is 15.7 Å². The number of carboxylic acids is 1. The first-order chi connectivity index (χ1) is 7.68. The van der Waals surface area contributed by atoms with Crippen molar-refractivity contribution in [3.8, 4) is 0 Å². The molecule has 0 spiro atoms. The maximum atomic E-state index is 11.1. The van der Waals surface area contributed by atoms with Gasteiger partial charge in [0.05, 0.1) is 11.9 Å². The number of hydrogen-bond donors (Lipinski definition) is 2. The van der Waals surface area contributed by atoms with Crippen LogP contribution < -0.4 is 10.6 Å². The molecule has 1 saturated heterocycles. The average molecular weight is 239 g/mol. The number of nitrogens with two attached hydrogens (primary N) is 1. The van der Waals surface area contributed by atoms with E-state index in [1.54, 1.807) is 0 Å². The second-order valence-corrected chi connectivity index (χ2v) is 4.77. The summed E-state index contributed by atoms with van der Waals surface area (Å²) >= 11 is 1.87. The lowest BCUT2D eigenvalue weighted by atomic mass is 10.2. The minimum atomic E-state index is -0.979. The number of carboxylic acid groups (broad SMARTS) is 1. The number of nitrogen functional groups attached to an aromatic ring is 1. The molecule has 6 heteroatoms. The zero-order chi connectivity index (χ0) is 11.5. The topological polar surface area (TPSA) is 79.5 Å². The van der Waals surface area contributed by atoms with E-state index in [4.69, 9.17) is 10.8 Å². The van der Waals surface area contributed by atoms with Crippen LogP contribution in [0.25, 0.3) is 0 Å². The average Bonchev–Trinajstić information content (AvgIpc) is 2.30. The first-order valence-corrected chi connectivity index (χ1v) is 6.15. The van der Waals surface area contributed by atoms with E-state index < -0.39 is 5.97 Å². The Balaban J connectivity index is 2.34. The Morgan fingerprint density at radius 2 is 2.19 bits per heavy atom. The predicted molar refractivity (Wildman–Crippen MR) is 65.1 cm³/mol. The van der Waals surface area contributed by atoms with Gasteiger partial charge in [-0.3, -0.25) is 0 Å². The van der Waals surface area contributed by atoms with Crippen molar-refractivity contribution in [2.24, 2.45) is 0 Å². The highest BCUT2D eigenvalue weighted by molar-refractivity contribution is 7.99.